The van der Waals surface area contributed by atoms with E-state index in [4.69, 9.17) is 10.5 Å². The van der Waals surface area contributed by atoms with Crippen molar-refractivity contribution >= 4 is 0 Å². The minimum absolute atomic E-state index is 0.125. The van der Waals surface area contributed by atoms with Gasteiger partial charge in [-0.3, -0.25) is 0 Å². The van der Waals surface area contributed by atoms with Crippen LogP contribution in [0.2, 0.25) is 0 Å². The molecule has 0 bridgehead atoms. The van der Waals surface area contributed by atoms with E-state index in [1.54, 1.807) is 7.11 Å². The zero-order valence-corrected chi connectivity index (χ0v) is 12.1. The monoisotopic (exact) mass is 262 g/mol. The van der Waals surface area contributed by atoms with Crippen molar-refractivity contribution in [2.45, 2.75) is 25.8 Å². The molecule has 1 aromatic rings. The standard InChI is InChI=1S/C16H26N2O/c1-13-3-5-15(6-4-13)16(17)11-18-9-7-14(8-10-18)12-19-2/h3-6,14,16H,7-12,17H2,1-2H3. The molecule has 19 heavy (non-hydrogen) atoms. The zero-order chi connectivity index (χ0) is 13.7. The topological polar surface area (TPSA) is 38.5 Å². The summed E-state index contributed by atoms with van der Waals surface area (Å²) in [6.07, 6.45) is 2.46. The van der Waals surface area contributed by atoms with Crippen molar-refractivity contribution < 1.29 is 4.74 Å². The van der Waals surface area contributed by atoms with Gasteiger partial charge in [-0.15, -0.1) is 0 Å². The molecule has 0 radical (unpaired) electrons. The van der Waals surface area contributed by atoms with Gasteiger partial charge in [0.25, 0.3) is 0 Å². The van der Waals surface area contributed by atoms with Gasteiger partial charge in [-0.2, -0.15) is 0 Å². The van der Waals surface area contributed by atoms with E-state index in [-0.39, 0.29) is 6.04 Å². The van der Waals surface area contributed by atoms with Gasteiger partial charge in [-0.05, 0) is 44.3 Å². The van der Waals surface area contributed by atoms with Crippen LogP contribution in [-0.4, -0.2) is 38.3 Å². The largest absolute Gasteiger partial charge is 0.384 e. The van der Waals surface area contributed by atoms with Crippen molar-refractivity contribution in [3.8, 4) is 0 Å². The Morgan fingerprint density at radius 3 is 2.47 bits per heavy atom. The summed E-state index contributed by atoms with van der Waals surface area (Å²) in [6.45, 7) is 6.26. The lowest BCUT2D eigenvalue weighted by Gasteiger charge is -2.33. The average molecular weight is 262 g/mol. The second-order valence-electron chi connectivity index (χ2n) is 5.72. The number of rotatable bonds is 5. The normalized spacial score (nSPS) is 19.5. The zero-order valence-electron chi connectivity index (χ0n) is 12.1. The number of benzene rings is 1. The lowest BCUT2D eigenvalue weighted by atomic mass is 9.97. The quantitative estimate of drug-likeness (QED) is 0.885. The first-order valence-corrected chi connectivity index (χ1v) is 7.22. The SMILES string of the molecule is COCC1CCN(CC(N)c2ccc(C)cc2)CC1. The minimum atomic E-state index is 0.125. The number of ether oxygens (including phenoxy) is 1. The molecule has 3 heteroatoms. The molecule has 2 N–H and O–H groups in total. The van der Waals surface area contributed by atoms with Crippen LogP contribution in [0.3, 0.4) is 0 Å². The van der Waals surface area contributed by atoms with E-state index < -0.39 is 0 Å². The van der Waals surface area contributed by atoms with Gasteiger partial charge < -0.3 is 15.4 Å². The molecule has 1 aliphatic rings. The van der Waals surface area contributed by atoms with Crippen LogP contribution >= 0.6 is 0 Å². The van der Waals surface area contributed by atoms with Crippen LogP contribution in [0.4, 0.5) is 0 Å². The maximum atomic E-state index is 6.30. The molecule has 3 nitrogen and oxygen atoms in total. The Labute approximate surface area is 116 Å². The van der Waals surface area contributed by atoms with Crippen molar-refractivity contribution in [2.75, 3.05) is 33.4 Å². The van der Waals surface area contributed by atoms with Crippen LogP contribution in [0.5, 0.6) is 0 Å². The molecule has 0 aromatic heterocycles. The van der Waals surface area contributed by atoms with Crippen LogP contribution in [0.15, 0.2) is 24.3 Å². The smallest absolute Gasteiger partial charge is 0.0491 e. The van der Waals surface area contributed by atoms with E-state index in [1.807, 2.05) is 0 Å². The average Bonchev–Trinajstić information content (AvgIpc) is 2.42. The lowest BCUT2D eigenvalue weighted by molar-refractivity contribution is 0.0971. The molecule has 1 fully saturated rings. The van der Waals surface area contributed by atoms with E-state index >= 15 is 0 Å². The van der Waals surface area contributed by atoms with E-state index in [2.05, 4.69) is 36.1 Å². The highest BCUT2D eigenvalue weighted by atomic mass is 16.5. The fourth-order valence-corrected chi connectivity index (χ4v) is 2.77. The van der Waals surface area contributed by atoms with Gasteiger partial charge in [-0.25, -0.2) is 0 Å². The van der Waals surface area contributed by atoms with Gasteiger partial charge >= 0.3 is 0 Å². The lowest BCUT2D eigenvalue weighted by Crippen LogP contribution is -2.39. The van der Waals surface area contributed by atoms with Gasteiger partial charge in [0.05, 0.1) is 0 Å². The summed E-state index contributed by atoms with van der Waals surface area (Å²) in [5.74, 6) is 0.733. The van der Waals surface area contributed by atoms with Gasteiger partial charge in [-0.1, -0.05) is 29.8 Å². The van der Waals surface area contributed by atoms with Crippen molar-refractivity contribution in [1.29, 1.82) is 0 Å². The number of nitrogens with zero attached hydrogens (tertiary/aromatic N) is 1. The van der Waals surface area contributed by atoms with Crippen molar-refractivity contribution in [3.63, 3.8) is 0 Å². The first-order chi connectivity index (χ1) is 9.19. The fourth-order valence-electron chi connectivity index (χ4n) is 2.77. The summed E-state index contributed by atoms with van der Waals surface area (Å²) < 4.78 is 5.23. The molecule has 1 atom stereocenters. The molecular weight excluding hydrogens is 236 g/mol. The fraction of sp³-hybridized carbons (Fsp3) is 0.625. The summed E-state index contributed by atoms with van der Waals surface area (Å²) in [5, 5.41) is 0. The van der Waals surface area contributed by atoms with Crippen LogP contribution in [0, 0.1) is 12.8 Å². The Kier molecular flexibility index (Phi) is 5.37. The molecular formula is C16H26N2O. The molecule has 1 heterocycles. The van der Waals surface area contributed by atoms with Crippen molar-refractivity contribution in [3.05, 3.63) is 35.4 Å². The van der Waals surface area contributed by atoms with E-state index in [0.717, 1.165) is 32.2 Å². The number of nitrogens with two attached hydrogens (primary N) is 1. The number of hydrogen-bond acceptors (Lipinski definition) is 3. The summed E-state index contributed by atoms with van der Waals surface area (Å²) >= 11 is 0. The third kappa shape index (κ3) is 4.30. The Morgan fingerprint density at radius 2 is 1.89 bits per heavy atom. The van der Waals surface area contributed by atoms with Gasteiger partial charge in [0, 0.05) is 26.3 Å². The maximum Gasteiger partial charge on any atom is 0.0491 e. The second-order valence-corrected chi connectivity index (χ2v) is 5.72. The first kappa shape index (κ1) is 14.5. The number of likely N-dealkylation sites (tertiary alicyclic amines) is 1. The molecule has 2 rings (SSSR count). The summed E-state index contributed by atoms with van der Waals surface area (Å²) in [4.78, 5) is 2.48. The number of aryl methyl sites for hydroxylation is 1. The maximum absolute atomic E-state index is 6.30. The molecule has 1 saturated heterocycles. The van der Waals surface area contributed by atoms with Crippen LogP contribution in [-0.2, 0) is 4.74 Å². The molecule has 0 spiro atoms. The van der Waals surface area contributed by atoms with Crippen LogP contribution in [0.25, 0.3) is 0 Å². The van der Waals surface area contributed by atoms with Gasteiger partial charge in [0.15, 0.2) is 0 Å². The highest BCUT2D eigenvalue weighted by Gasteiger charge is 2.20. The molecule has 1 unspecified atom stereocenters. The first-order valence-electron chi connectivity index (χ1n) is 7.22. The summed E-state index contributed by atoms with van der Waals surface area (Å²) in [6, 6.07) is 8.70. The van der Waals surface area contributed by atoms with E-state index in [9.17, 15) is 0 Å². The van der Waals surface area contributed by atoms with Crippen molar-refractivity contribution in [2.24, 2.45) is 11.7 Å². The Morgan fingerprint density at radius 1 is 1.26 bits per heavy atom. The predicted octanol–water partition coefficient (Wildman–Crippen LogP) is 2.35. The summed E-state index contributed by atoms with van der Waals surface area (Å²) in [7, 11) is 1.79. The molecule has 0 amide bonds. The third-order valence-corrected chi connectivity index (χ3v) is 4.07. The highest BCUT2D eigenvalue weighted by molar-refractivity contribution is 5.24. The summed E-state index contributed by atoms with van der Waals surface area (Å²) in [5.41, 5.74) is 8.83. The van der Waals surface area contributed by atoms with Crippen LogP contribution < -0.4 is 5.73 Å². The minimum Gasteiger partial charge on any atom is -0.384 e. The molecule has 0 saturated carbocycles. The highest BCUT2D eigenvalue weighted by Crippen LogP contribution is 2.20. The van der Waals surface area contributed by atoms with E-state index in [0.29, 0.717) is 0 Å². The Bertz CT molecular complexity index is 369. The molecule has 1 aliphatic heterocycles. The third-order valence-electron chi connectivity index (χ3n) is 4.07. The van der Waals surface area contributed by atoms with Gasteiger partial charge in [0.2, 0.25) is 0 Å². The number of hydrogen-bond donors (Lipinski definition) is 1. The van der Waals surface area contributed by atoms with Gasteiger partial charge in [0.1, 0.15) is 0 Å². The van der Waals surface area contributed by atoms with Crippen molar-refractivity contribution in [1.82, 2.24) is 4.90 Å². The number of piperidine rings is 1. The molecule has 106 valence electrons. The number of methoxy groups -OCH3 is 1. The van der Waals surface area contributed by atoms with E-state index in [1.165, 1.54) is 24.0 Å². The molecule has 1 aromatic carbocycles. The predicted molar refractivity (Wildman–Crippen MR) is 79.1 cm³/mol. The molecule has 0 aliphatic carbocycles. The van der Waals surface area contributed by atoms with Crippen LogP contribution in [0.1, 0.15) is 30.0 Å². The Hall–Kier alpha value is -0.900. The Balaban J connectivity index is 1.80. The second kappa shape index (κ2) is 7.04.